The number of carboxylic acids is 1. The van der Waals surface area contributed by atoms with Gasteiger partial charge < -0.3 is 10.0 Å². The SMILES string of the molecule is CC(C)C(C)(CC(=O)N(C)Cc1ccc(F)cc1)C(=O)O. The Balaban J connectivity index is 2.74. The fourth-order valence-electron chi connectivity index (χ4n) is 1.93. The number of carboxylic acid groups (broad SMARTS) is 1. The molecule has 0 aliphatic heterocycles. The number of hydrogen-bond acceptors (Lipinski definition) is 2. The molecule has 0 bridgehead atoms. The van der Waals surface area contributed by atoms with Gasteiger partial charge in [0.2, 0.25) is 5.91 Å². The lowest BCUT2D eigenvalue weighted by Gasteiger charge is -2.30. The highest BCUT2D eigenvalue weighted by Gasteiger charge is 2.39. The summed E-state index contributed by atoms with van der Waals surface area (Å²) in [7, 11) is 1.62. The number of carbonyl (C=O) groups excluding carboxylic acids is 1. The molecule has 4 nitrogen and oxygen atoms in total. The molecule has 0 aliphatic rings. The van der Waals surface area contributed by atoms with Gasteiger partial charge in [-0.25, -0.2) is 4.39 Å². The van der Waals surface area contributed by atoms with Crippen LogP contribution >= 0.6 is 0 Å². The van der Waals surface area contributed by atoms with E-state index in [0.717, 1.165) is 5.56 Å². The Morgan fingerprint density at radius 3 is 2.24 bits per heavy atom. The van der Waals surface area contributed by atoms with E-state index in [-0.39, 0.29) is 24.1 Å². The van der Waals surface area contributed by atoms with Crippen LogP contribution in [-0.4, -0.2) is 28.9 Å². The maximum atomic E-state index is 12.8. The predicted octanol–water partition coefficient (Wildman–Crippen LogP) is 2.92. The third kappa shape index (κ3) is 4.28. The molecule has 21 heavy (non-hydrogen) atoms. The molecule has 1 unspecified atom stereocenters. The van der Waals surface area contributed by atoms with Crippen molar-refractivity contribution in [1.29, 1.82) is 0 Å². The number of carbonyl (C=O) groups is 2. The van der Waals surface area contributed by atoms with E-state index in [9.17, 15) is 19.1 Å². The van der Waals surface area contributed by atoms with Crippen LogP contribution in [0.1, 0.15) is 32.8 Å². The second kappa shape index (κ2) is 6.70. The number of nitrogens with zero attached hydrogens (tertiary/aromatic N) is 1. The highest BCUT2D eigenvalue weighted by molar-refractivity contribution is 5.84. The standard InChI is InChI=1S/C16H22FNO3/c1-11(2)16(3,15(20)21)9-14(19)18(4)10-12-5-7-13(17)8-6-12/h5-8,11H,9-10H2,1-4H3,(H,20,21). The molecule has 0 saturated carbocycles. The van der Waals surface area contributed by atoms with Gasteiger partial charge in [0, 0.05) is 20.0 Å². The summed E-state index contributed by atoms with van der Waals surface area (Å²) in [5.74, 6) is -1.69. The topological polar surface area (TPSA) is 57.6 Å². The van der Waals surface area contributed by atoms with E-state index in [1.54, 1.807) is 40.0 Å². The zero-order valence-electron chi connectivity index (χ0n) is 12.9. The minimum atomic E-state index is -1.09. The van der Waals surface area contributed by atoms with Gasteiger partial charge in [0.25, 0.3) is 0 Å². The van der Waals surface area contributed by atoms with Crippen LogP contribution in [0.2, 0.25) is 0 Å². The molecule has 0 aromatic heterocycles. The lowest BCUT2D eigenvalue weighted by molar-refractivity contribution is -0.155. The van der Waals surface area contributed by atoms with Crippen LogP contribution in [0.3, 0.4) is 0 Å². The van der Waals surface area contributed by atoms with E-state index < -0.39 is 11.4 Å². The predicted molar refractivity (Wildman–Crippen MR) is 78.1 cm³/mol. The van der Waals surface area contributed by atoms with Crippen molar-refractivity contribution in [3.63, 3.8) is 0 Å². The molecule has 1 N–H and O–H groups in total. The molecule has 1 aromatic rings. The van der Waals surface area contributed by atoms with E-state index in [0.29, 0.717) is 6.54 Å². The van der Waals surface area contributed by atoms with Crippen molar-refractivity contribution in [2.75, 3.05) is 7.05 Å². The molecule has 1 aromatic carbocycles. The molecular weight excluding hydrogens is 273 g/mol. The molecule has 0 heterocycles. The van der Waals surface area contributed by atoms with Crippen LogP contribution in [-0.2, 0) is 16.1 Å². The first kappa shape index (κ1) is 17.1. The Morgan fingerprint density at radius 2 is 1.81 bits per heavy atom. The highest BCUT2D eigenvalue weighted by atomic mass is 19.1. The van der Waals surface area contributed by atoms with E-state index in [1.807, 2.05) is 0 Å². The smallest absolute Gasteiger partial charge is 0.310 e. The van der Waals surface area contributed by atoms with Gasteiger partial charge in [-0.3, -0.25) is 9.59 Å². The quantitative estimate of drug-likeness (QED) is 0.878. The molecule has 0 saturated heterocycles. The Morgan fingerprint density at radius 1 is 1.29 bits per heavy atom. The second-order valence-electron chi connectivity index (χ2n) is 5.93. The monoisotopic (exact) mass is 295 g/mol. The van der Waals surface area contributed by atoms with Gasteiger partial charge in [-0.1, -0.05) is 26.0 Å². The molecule has 1 rings (SSSR count). The van der Waals surface area contributed by atoms with Crippen LogP contribution in [0.25, 0.3) is 0 Å². The lowest BCUT2D eigenvalue weighted by Crippen LogP contribution is -2.39. The van der Waals surface area contributed by atoms with Crippen LogP contribution < -0.4 is 0 Å². The first-order valence-corrected chi connectivity index (χ1v) is 6.88. The molecule has 0 aliphatic carbocycles. The first-order valence-electron chi connectivity index (χ1n) is 6.88. The van der Waals surface area contributed by atoms with Crippen molar-refractivity contribution in [2.45, 2.75) is 33.7 Å². The average molecular weight is 295 g/mol. The third-order valence-electron chi connectivity index (χ3n) is 4.04. The zero-order chi connectivity index (χ0) is 16.2. The van der Waals surface area contributed by atoms with Crippen molar-refractivity contribution < 1.29 is 19.1 Å². The zero-order valence-corrected chi connectivity index (χ0v) is 12.9. The van der Waals surface area contributed by atoms with Crippen molar-refractivity contribution >= 4 is 11.9 Å². The maximum absolute atomic E-state index is 12.8. The fourth-order valence-corrected chi connectivity index (χ4v) is 1.93. The first-order chi connectivity index (χ1) is 9.66. The number of amides is 1. The van der Waals surface area contributed by atoms with Crippen LogP contribution in [0.15, 0.2) is 24.3 Å². The van der Waals surface area contributed by atoms with Crippen molar-refractivity contribution in [2.24, 2.45) is 11.3 Å². The highest BCUT2D eigenvalue weighted by Crippen LogP contribution is 2.32. The van der Waals surface area contributed by atoms with Gasteiger partial charge in [-0.2, -0.15) is 0 Å². The average Bonchev–Trinajstić information content (AvgIpc) is 2.40. The van der Waals surface area contributed by atoms with Gasteiger partial charge in [0.05, 0.1) is 5.41 Å². The van der Waals surface area contributed by atoms with Gasteiger partial charge in [0.1, 0.15) is 5.82 Å². The van der Waals surface area contributed by atoms with Gasteiger partial charge in [0.15, 0.2) is 0 Å². The Hall–Kier alpha value is -1.91. The van der Waals surface area contributed by atoms with Gasteiger partial charge in [-0.15, -0.1) is 0 Å². The minimum absolute atomic E-state index is 0.0578. The van der Waals surface area contributed by atoms with Crippen molar-refractivity contribution in [3.05, 3.63) is 35.6 Å². The van der Waals surface area contributed by atoms with Gasteiger partial charge >= 0.3 is 5.97 Å². The van der Waals surface area contributed by atoms with Crippen LogP contribution in [0.5, 0.6) is 0 Å². The summed E-state index contributed by atoms with van der Waals surface area (Å²) < 4.78 is 12.8. The van der Waals surface area contributed by atoms with Gasteiger partial charge in [-0.05, 0) is 30.5 Å². The molecule has 0 radical (unpaired) electrons. The number of benzene rings is 1. The summed E-state index contributed by atoms with van der Waals surface area (Å²) in [6.45, 7) is 5.50. The molecule has 5 heteroatoms. The summed E-state index contributed by atoms with van der Waals surface area (Å²) in [5.41, 5.74) is -0.289. The second-order valence-corrected chi connectivity index (χ2v) is 5.93. The summed E-state index contributed by atoms with van der Waals surface area (Å²) >= 11 is 0. The molecular formula is C16H22FNO3. The molecule has 1 atom stereocenters. The van der Waals surface area contributed by atoms with E-state index in [4.69, 9.17) is 0 Å². The normalized spacial score (nSPS) is 13.8. The number of hydrogen-bond donors (Lipinski definition) is 1. The van der Waals surface area contributed by atoms with E-state index in [1.165, 1.54) is 17.0 Å². The lowest BCUT2D eigenvalue weighted by atomic mass is 9.76. The minimum Gasteiger partial charge on any atom is -0.481 e. The largest absolute Gasteiger partial charge is 0.481 e. The Bertz CT molecular complexity index is 513. The van der Waals surface area contributed by atoms with Crippen molar-refractivity contribution in [1.82, 2.24) is 4.90 Å². The number of rotatable bonds is 6. The van der Waals surface area contributed by atoms with E-state index in [2.05, 4.69) is 0 Å². The summed E-state index contributed by atoms with van der Waals surface area (Å²) in [5, 5.41) is 9.34. The fraction of sp³-hybridized carbons (Fsp3) is 0.500. The number of aliphatic carboxylic acids is 1. The Kier molecular flexibility index (Phi) is 5.47. The third-order valence-corrected chi connectivity index (χ3v) is 4.04. The Labute approximate surface area is 124 Å². The molecule has 0 spiro atoms. The van der Waals surface area contributed by atoms with E-state index >= 15 is 0 Å². The maximum Gasteiger partial charge on any atom is 0.310 e. The molecule has 1 amide bonds. The summed E-state index contributed by atoms with van der Waals surface area (Å²) in [6, 6.07) is 5.89. The molecule has 116 valence electrons. The molecule has 0 fully saturated rings. The van der Waals surface area contributed by atoms with Crippen molar-refractivity contribution in [3.8, 4) is 0 Å². The summed E-state index contributed by atoms with van der Waals surface area (Å²) in [6.07, 6.45) is -0.0578. The number of halogens is 1. The van der Waals surface area contributed by atoms with Crippen LogP contribution in [0, 0.1) is 17.2 Å². The van der Waals surface area contributed by atoms with Crippen LogP contribution in [0.4, 0.5) is 4.39 Å². The summed E-state index contributed by atoms with van der Waals surface area (Å²) in [4.78, 5) is 25.1.